The van der Waals surface area contributed by atoms with E-state index in [-0.39, 0.29) is 11.5 Å². The van der Waals surface area contributed by atoms with Crippen LogP contribution >= 0.6 is 0 Å². The van der Waals surface area contributed by atoms with Crippen molar-refractivity contribution in [1.29, 1.82) is 0 Å². The lowest BCUT2D eigenvalue weighted by Crippen LogP contribution is -2.36. The molecule has 1 aromatic carbocycles. The number of hydrogen-bond acceptors (Lipinski definition) is 2. The summed E-state index contributed by atoms with van der Waals surface area (Å²) >= 11 is 0. The topological polar surface area (TPSA) is 35.2 Å². The molecule has 21 heavy (non-hydrogen) atoms. The van der Waals surface area contributed by atoms with E-state index in [1.165, 1.54) is 22.3 Å². The third kappa shape index (κ3) is 4.08. The van der Waals surface area contributed by atoms with Gasteiger partial charge in [-0.3, -0.25) is 0 Å². The maximum atomic E-state index is 6.49. The number of hydrogen-bond donors (Lipinski definition) is 1. The summed E-state index contributed by atoms with van der Waals surface area (Å²) in [6, 6.07) is 4.95. The van der Waals surface area contributed by atoms with Gasteiger partial charge < -0.3 is 10.5 Å². The Morgan fingerprint density at radius 1 is 1.14 bits per heavy atom. The third-order valence-electron chi connectivity index (χ3n) is 4.87. The second kappa shape index (κ2) is 6.50. The van der Waals surface area contributed by atoms with Gasteiger partial charge in [-0.15, -0.1) is 0 Å². The number of rotatable bonds is 3. The molecule has 1 atom stereocenters. The smallest absolute Gasteiger partial charge is 0.0469 e. The van der Waals surface area contributed by atoms with Gasteiger partial charge in [-0.25, -0.2) is 0 Å². The van der Waals surface area contributed by atoms with Crippen LogP contribution in [-0.4, -0.2) is 19.3 Å². The first-order valence-corrected chi connectivity index (χ1v) is 8.23. The third-order valence-corrected chi connectivity index (χ3v) is 4.87. The summed E-state index contributed by atoms with van der Waals surface area (Å²) in [6.45, 7) is 13.0. The predicted octanol–water partition coefficient (Wildman–Crippen LogP) is 3.90. The summed E-state index contributed by atoms with van der Waals surface area (Å²) in [5.74, 6) is 0.611. The monoisotopic (exact) mass is 289 g/mol. The van der Waals surface area contributed by atoms with Crippen LogP contribution in [0.1, 0.15) is 55.9 Å². The maximum Gasteiger partial charge on any atom is 0.0469 e. The van der Waals surface area contributed by atoms with Crippen molar-refractivity contribution in [2.24, 2.45) is 11.7 Å². The van der Waals surface area contributed by atoms with E-state index < -0.39 is 0 Å². The van der Waals surface area contributed by atoms with Gasteiger partial charge in [0.25, 0.3) is 0 Å². The van der Waals surface area contributed by atoms with Crippen molar-refractivity contribution in [2.45, 2.75) is 65.3 Å². The first-order valence-electron chi connectivity index (χ1n) is 8.23. The van der Waals surface area contributed by atoms with Crippen LogP contribution in [-0.2, 0) is 16.6 Å². The van der Waals surface area contributed by atoms with Gasteiger partial charge in [-0.1, -0.05) is 32.9 Å². The molecule has 0 bridgehead atoms. The molecule has 2 nitrogen and oxygen atoms in total. The van der Waals surface area contributed by atoms with Crippen molar-refractivity contribution in [2.75, 3.05) is 13.2 Å². The fourth-order valence-electron chi connectivity index (χ4n) is 3.29. The van der Waals surface area contributed by atoms with E-state index in [1.54, 1.807) is 0 Å². The zero-order chi connectivity index (χ0) is 15.6. The second-order valence-corrected chi connectivity index (χ2v) is 7.66. The minimum atomic E-state index is 0.205. The molecule has 1 fully saturated rings. The minimum Gasteiger partial charge on any atom is -0.381 e. The molecule has 2 heteroatoms. The Morgan fingerprint density at radius 3 is 2.14 bits per heavy atom. The SMILES string of the molecule is Cc1cc(C(C)(C)C)cc(C)c1CC(N)C1CCOCC1. The molecular weight excluding hydrogens is 258 g/mol. The normalized spacial score (nSPS) is 18.8. The number of ether oxygens (including phenoxy) is 1. The Bertz CT molecular complexity index is 458. The second-order valence-electron chi connectivity index (χ2n) is 7.66. The highest BCUT2D eigenvalue weighted by Gasteiger charge is 2.23. The molecule has 0 spiro atoms. The Hall–Kier alpha value is -0.860. The highest BCUT2D eigenvalue weighted by Crippen LogP contribution is 2.29. The number of aryl methyl sites for hydroxylation is 2. The van der Waals surface area contributed by atoms with Gasteiger partial charge >= 0.3 is 0 Å². The summed E-state index contributed by atoms with van der Waals surface area (Å²) in [6.07, 6.45) is 3.21. The average Bonchev–Trinajstić information content (AvgIpc) is 2.42. The first-order chi connectivity index (χ1) is 9.79. The quantitative estimate of drug-likeness (QED) is 0.916. The van der Waals surface area contributed by atoms with Gasteiger partial charge in [-0.2, -0.15) is 0 Å². The van der Waals surface area contributed by atoms with Crippen molar-refractivity contribution in [1.82, 2.24) is 0 Å². The summed E-state index contributed by atoms with van der Waals surface area (Å²) in [4.78, 5) is 0. The van der Waals surface area contributed by atoms with Crippen LogP contribution in [0, 0.1) is 19.8 Å². The summed E-state index contributed by atoms with van der Waals surface area (Å²) < 4.78 is 5.45. The molecule has 2 N–H and O–H groups in total. The van der Waals surface area contributed by atoms with Crippen LogP contribution in [0.4, 0.5) is 0 Å². The molecule has 1 aromatic rings. The van der Waals surface area contributed by atoms with Gasteiger partial charge in [0.1, 0.15) is 0 Å². The molecule has 0 radical (unpaired) electrons. The zero-order valence-corrected chi connectivity index (χ0v) is 14.3. The highest BCUT2D eigenvalue weighted by atomic mass is 16.5. The van der Waals surface area contributed by atoms with Gasteiger partial charge in [0.2, 0.25) is 0 Å². The lowest BCUT2D eigenvalue weighted by atomic mass is 9.81. The zero-order valence-electron chi connectivity index (χ0n) is 14.3. The molecule has 1 heterocycles. The first kappa shape index (κ1) is 16.5. The summed E-state index contributed by atoms with van der Waals surface area (Å²) in [7, 11) is 0. The van der Waals surface area contributed by atoms with Gasteiger partial charge in [0.15, 0.2) is 0 Å². The van der Waals surface area contributed by atoms with E-state index in [4.69, 9.17) is 10.5 Å². The molecule has 0 aliphatic carbocycles. The van der Waals surface area contributed by atoms with Crippen LogP contribution in [0.25, 0.3) is 0 Å². The van der Waals surface area contributed by atoms with E-state index in [0.717, 1.165) is 32.5 Å². The van der Waals surface area contributed by atoms with Gasteiger partial charge in [-0.05, 0) is 66.7 Å². The van der Waals surface area contributed by atoms with Crippen LogP contribution in [0.3, 0.4) is 0 Å². The Balaban J connectivity index is 2.16. The van der Waals surface area contributed by atoms with Crippen molar-refractivity contribution >= 4 is 0 Å². The minimum absolute atomic E-state index is 0.205. The predicted molar refractivity (Wildman–Crippen MR) is 89.8 cm³/mol. The lowest BCUT2D eigenvalue weighted by Gasteiger charge is -2.29. The fraction of sp³-hybridized carbons (Fsp3) is 0.684. The van der Waals surface area contributed by atoms with Crippen molar-refractivity contribution in [3.05, 3.63) is 34.4 Å². The molecule has 1 saturated heterocycles. The van der Waals surface area contributed by atoms with Crippen molar-refractivity contribution < 1.29 is 4.74 Å². The molecular formula is C19H31NO. The molecule has 1 aliphatic rings. The summed E-state index contributed by atoms with van der Waals surface area (Å²) in [5, 5.41) is 0. The van der Waals surface area contributed by atoms with Crippen LogP contribution in [0.2, 0.25) is 0 Å². The van der Waals surface area contributed by atoms with E-state index in [1.807, 2.05) is 0 Å². The molecule has 0 amide bonds. The largest absolute Gasteiger partial charge is 0.381 e. The fourth-order valence-corrected chi connectivity index (χ4v) is 3.29. The molecule has 118 valence electrons. The number of benzene rings is 1. The van der Waals surface area contributed by atoms with Gasteiger partial charge in [0.05, 0.1) is 0 Å². The van der Waals surface area contributed by atoms with Crippen LogP contribution < -0.4 is 5.73 Å². The van der Waals surface area contributed by atoms with E-state index in [2.05, 4.69) is 46.8 Å². The molecule has 1 unspecified atom stereocenters. The average molecular weight is 289 g/mol. The molecule has 1 aliphatic heterocycles. The van der Waals surface area contributed by atoms with Crippen molar-refractivity contribution in [3.63, 3.8) is 0 Å². The van der Waals surface area contributed by atoms with Crippen molar-refractivity contribution in [3.8, 4) is 0 Å². The Labute approximate surface area is 130 Å². The molecule has 2 rings (SSSR count). The Kier molecular flexibility index (Phi) is 5.11. The maximum absolute atomic E-state index is 6.49. The highest BCUT2D eigenvalue weighted by molar-refractivity contribution is 5.41. The standard InChI is InChI=1S/C19H31NO/c1-13-10-16(19(3,4)5)11-14(2)17(13)12-18(20)15-6-8-21-9-7-15/h10-11,15,18H,6-9,12,20H2,1-5H3. The lowest BCUT2D eigenvalue weighted by molar-refractivity contribution is 0.0584. The van der Waals surface area contributed by atoms with Gasteiger partial charge in [0, 0.05) is 19.3 Å². The van der Waals surface area contributed by atoms with E-state index in [0.29, 0.717) is 5.92 Å². The summed E-state index contributed by atoms with van der Waals surface area (Å²) in [5.41, 5.74) is 12.3. The Morgan fingerprint density at radius 2 is 1.67 bits per heavy atom. The molecule has 0 aromatic heterocycles. The van der Waals surface area contributed by atoms with E-state index >= 15 is 0 Å². The molecule has 0 saturated carbocycles. The number of nitrogens with two attached hydrogens (primary N) is 1. The van der Waals surface area contributed by atoms with Crippen LogP contribution in [0.5, 0.6) is 0 Å². The van der Waals surface area contributed by atoms with E-state index in [9.17, 15) is 0 Å². The van der Waals surface area contributed by atoms with Crippen LogP contribution in [0.15, 0.2) is 12.1 Å².